The zero-order valence-electron chi connectivity index (χ0n) is 15.1. The van der Waals surface area contributed by atoms with Crippen molar-refractivity contribution in [2.75, 3.05) is 11.9 Å². The highest BCUT2D eigenvalue weighted by Crippen LogP contribution is 2.32. The van der Waals surface area contributed by atoms with Crippen molar-refractivity contribution >= 4 is 52.5 Å². The van der Waals surface area contributed by atoms with Gasteiger partial charge in [-0.1, -0.05) is 29.3 Å². The number of imide groups is 1. The van der Waals surface area contributed by atoms with Crippen LogP contribution >= 0.6 is 23.2 Å². The van der Waals surface area contributed by atoms with Crippen molar-refractivity contribution in [1.82, 2.24) is 4.90 Å². The van der Waals surface area contributed by atoms with Gasteiger partial charge in [-0.15, -0.1) is 0 Å². The molecule has 29 heavy (non-hydrogen) atoms. The number of fused-ring (bicyclic) bond motifs is 1. The number of primary amides is 1. The van der Waals surface area contributed by atoms with Crippen LogP contribution in [0.25, 0.3) is 0 Å². The summed E-state index contributed by atoms with van der Waals surface area (Å²) in [7, 11) is 0. The molecule has 0 saturated heterocycles. The van der Waals surface area contributed by atoms with Crippen molar-refractivity contribution in [3.8, 4) is 5.75 Å². The lowest BCUT2D eigenvalue weighted by Gasteiger charge is -2.21. The lowest BCUT2D eigenvalue weighted by atomic mass is 10.1. The van der Waals surface area contributed by atoms with Crippen molar-refractivity contribution in [1.29, 1.82) is 0 Å². The summed E-state index contributed by atoms with van der Waals surface area (Å²) in [5, 5.41) is 2.88. The minimum absolute atomic E-state index is 0.0888. The molecule has 3 rings (SSSR count). The van der Waals surface area contributed by atoms with Crippen LogP contribution in [0, 0.1) is 0 Å². The Hall–Kier alpha value is -3.10. The van der Waals surface area contributed by atoms with Gasteiger partial charge in [-0.25, -0.2) is 0 Å². The maximum absolute atomic E-state index is 12.6. The SMILES string of the molecule is CC(C(=O)Nc1cccc(OCC(N)=O)c1)N1C(=O)c2cc(Cl)c(Cl)cc2C1=O. The van der Waals surface area contributed by atoms with Gasteiger partial charge in [0, 0.05) is 11.8 Å². The van der Waals surface area contributed by atoms with Crippen molar-refractivity contribution in [2.45, 2.75) is 13.0 Å². The van der Waals surface area contributed by atoms with Gasteiger partial charge >= 0.3 is 0 Å². The number of ether oxygens (including phenoxy) is 1. The number of anilines is 1. The van der Waals surface area contributed by atoms with E-state index in [0.717, 1.165) is 4.90 Å². The van der Waals surface area contributed by atoms with Crippen LogP contribution in [-0.2, 0) is 9.59 Å². The molecule has 4 amide bonds. The van der Waals surface area contributed by atoms with Gasteiger partial charge in [0.05, 0.1) is 21.2 Å². The van der Waals surface area contributed by atoms with Gasteiger partial charge in [0.2, 0.25) is 5.91 Å². The minimum Gasteiger partial charge on any atom is -0.484 e. The van der Waals surface area contributed by atoms with Gasteiger partial charge < -0.3 is 15.8 Å². The monoisotopic (exact) mass is 435 g/mol. The van der Waals surface area contributed by atoms with Crippen molar-refractivity contribution in [3.05, 3.63) is 57.6 Å². The number of halogens is 2. The van der Waals surface area contributed by atoms with Gasteiger partial charge in [-0.05, 0) is 31.2 Å². The zero-order chi connectivity index (χ0) is 21.3. The fraction of sp³-hybridized carbons (Fsp3) is 0.158. The van der Waals surface area contributed by atoms with Crippen LogP contribution in [-0.4, -0.2) is 41.2 Å². The van der Waals surface area contributed by atoms with Crippen molar-refractivity contribution in [2.24, 2.45) is 5.73 Å². The minimum atomic E-state index is -1.10. The van der Waals surface area contributed by atoms with Crippen LogP contribution in [0.5, 0.6) is 5.75 Å². The Morgan fingerprint density at radius 1 is 1.10 bits per heavy atom. The highest BCUT2D eigenvalue weighted by atomic mass is 35.5. The summed E-state index contributed by atoms with van der Waals surface area (Å²) in [5.74, 6) is -2.18. The Bertz CT molecular complexity index is 999. The molecular weight excluding hydrogens is 421 g/mol. The molecular formula is C19H15Cl2N3O5. The molecule has 10 heteroatoms. The third kappa shape index (κ3) is 4.18. The van der Waals surface area contributed by atoms with Crippen LogP contribution in [0.4, 0.5) is 5.69 Å². The van der Waals surface area contributed by atoms with Gasteiger partial charge in [-0.2, -0.15) is 0 Å². The van der Waals surface area contributed by atoms with E-state index >= 15 is 0 Å². The summed E-state index contributed by atoms with van der Waals surface area (Å²) in [6.45, 7) is 1.11. The van der Waals surface area contributed by atoms with Gasteiger partial charge in [0.15, 0.2) is 6.61 Å². The quantitative estimate of drug-likeness (QED) is 0.675. The summed E-state index contributed by atoms with van der Waals surface area (Å²) >= 11 is 11.9. The summed E-state index contributed by atoms with van der Waals surface area (Å²) in [6.07, 6.45) is 0. The molecule has 8 nitrogen and oxygen atoms in total. The van der Waals surface area contributed by atoms with Crippen LogP contribution < -0.4 is 15.8 Å². The molecule has 1 atom stereocenters. The van der Waals surface area contributed by atoms with Gasteiger partial charge in [0.1, 0.15) is 11.8 Å². The number of carbonyl (C=O) groups excluding carboxylic acids is 4. The lowest BCUT2D eigenvalue weighted by molar-refractivity contribution is -0.120. The molecule has 0 saturated carbocycles. The predicted octanol–water partition coefficient (Wildman–Crippen LogP) is 2.48. The smallest absolute Gasteiger partial charge is 0.262 e. The number of nitrogens with two attached hydrogens (primary N) is 1. The summed E-state index contributed by atoms with van der Waals surface area (Å²) in [6, 6.07) is 7.77. The first-order valence-electron chi connectivity index (χ1n) is 8.38. The second-order valence-corrected chi connectivity index (χ2v) is 7.05. The van der Waals surface area contributed by atoms with Gasteiger partial charge in [-0.3, -0.25) is 24.1 Å². The first-order valence-corrected chi connectivity index (χ1v) is 9.13. The van der Waals surface area contributed by atoms with Crippen molar-refractivity contribution < 1.29 is 23.9 Å². The first kappa shape index (κ1) is 20.6. The standard InChI is InChI=1S/C19H15Cl2N3O5/c1-9(17(26)23-10-3-2-4-11(5-10)29-8-16(22)25)24-18(27)12-6-14(20)15(21)7-13(12)19(24)28/h2-7,9H,8H2,1H3,(H2,22,25)(H,23,26). The molecule has 2 aromatic carbocycles. The molecule has 1 unspecified atom stereocenters. The lowest BCUT2D eigenvalue weighted by Crippen LogP contribution is -2.45. The molecule has 3 N–H and O–H groups in total. The van der Waals surface area contributed by atoms with E-state index in [4.69, 9.17) is 33.7 Å². The first-order chi connectivity index (χ1) is 13.7. The Morgan fingerprint density at radius 2 is 1.69 bits per heavy atom. The van der Waals surface area contributed by atoms with Crippen LogP contribution in [0.1, 0.15) is 27.6 Å². The fourth-order valence-corrected chi connectivity index (χ4v) is 3.11. The largest absolute Gasteiger partial charge is 0.484 e. The second-order valence-electron chi connectivity index (χ2n) is 6.24. The summed E-state index contributed by atoms with van der Waals surface area (Å²) in [4.78, 5) is 49.5. The third-order valence-corrected chi connectivity index (χ3v) is 4.93. The Morgan fingerprint density at radius 3 is 2.24 bits per heavy atom. The van der Waals surface area contributed by atoms with E-state index in [-0.39, 0.29) is 27.8 Å². The molecule has 1 aliphatic heterocycles. The van der Waals surface area contributed by atoms with E-state index in [9.17, 15) is 19.2 Å². The number of amides is 4. The van der Waals surface area contributed by atoms with Crippen LogP contribution in [0.3, 0.4) is 0 Å². The Balaban J connectivity index is 1.76. The number of carbonyl (C=O) groups is 4. The average Bonchev–Trinajstić information content (AvgIpc) is 2.90. The number of hydrogen-bond donors (Lipinski definition) is 2. The topological polar surface area (TPSA) is 119 Å². The maximum atomic E-state index is 12.6. The van der Waals surface area contributed by atoms with Crippen LogP contribution in [0.2, 0.25) is 10.0 Å². The Kier molecular flexibility index (Phi) is 5.76. The normalized spacial score (nSPS) is 13.8. The predicted molar refractivity (Wildman–Crippen MR) is 106 cm³/mol. The molecule has 0 aromatic heterocycles. The summed E-state index contributed by atoms with van der Waals surface area (Å²) < 4.78 is 5.18. The maximum Gasteiger partial charge on any atom is 0.262 e. The van der Waals surface area contributed by atoms with E-state index in [2.05, 4.69) is 5.32 Å². The van der Waals surface area contributed by atoms with Crippen LogP contribution in [0.15, 0.2) is 36.4 Å². The van der Waals surface area contributed by atoms with E-state index < -0.39 is 29.7 Å². The molecule has 0 radical (unpaired) electrons. The molecule has 0 fully saturated rings. The van der Waals surface area contributed by atoms with E-state index in [0.29, 0.717) is 11.4 Å². The van der Waals surface area contributed by atoms with Gasteiger partial charge in [0.25, 0.3) is 17.7 Å². The molecule has 0 bridgehead atoms. The molecule has 1 heterocycles. The highest BCUT2D eigenvalue weighted by molar-refractivity contribution is 6.43. The average molecular weight is 436 g/mol. The molecule has 0 spiro atoms. The van der Waals surface area contributed by atoms with E-state index in [1.807, 2.05) is 0 Å². The summed E-state index contributed by atoms with van der Waals surface area (Å²) in [5.41, 5.74) is 5.56. The zero-order valence-corrected chi connectivity index (χ0v) is 16.6. The highest BCUT2D eigenvalue weighted by Gasteiger charge is 2.41. The van der Waals surface area contributed by atoms with E-state index in [1.165, 1.54) is 25.1 Å². The fourth-order valence-electron chi connectivity index (χ4n) is 2.79. The second kappa shape index (κ2) is 8.10. The number of rotatable bonds is 6. The number of hydrogen-bond acceptors (Lipinski definition) is 5. The number of benzene rings is 2. The van der Waals surface area contributed by atoms with Crippen molar-refractivity contribution in [3.63, 3.8) is 0 Å². The number of nitrogens with zero attached hydrogens (tertiary/aromatic N) is 1. The van der Waals surface area contributed by atoms with E-state index in [1.54, 1.807) is 18.2 Å². The molecule has 2 aromatic rings. The molecule has 150 valence electrons. The molecule has 0 aliphatic carbocycles. The molecule has 1 aliphatic rings. The third-order valence-electron chi connectivity index (χ3n) is 4.21. The Labute approximate surface area is 175 Å². The number of nitrogens with one attached hydrogen (secondary N) is 1.